The van der Waals surface area contributed by atoms with Gasteiger partial charge in [-0.15, -0.1) is 0 Å². The normalized spacial score (nSPS) is 10.2. The minimum Gasteiger partial charge on any atom is -0.478 e. The second-order valence-corrected chi connectivity index (χ2v) is 4.68. The number of hydrogen-bond acceptors (Lipinski definition) is 6. The van der Waals surface area contributed by atoms with Crippen molar-refractivity contribution in [2.75, 3.05) is 0 Å². The van der Waals surface area contributed by atoms with E-state index in [1.807, 2.05) is 0 Å². The third kappa shape index (κ3) is 2.98. The van der Waals surface area contributed by atoms with E-state index >= 15 is 0 Å². The van der Waals surface area contributed by atoms with Gasteiger partial charge in [0, 0.05) is 5.02 Å². The van der Waals surface area contributed by atoms with Crippen molar-refractivity contribution in [3.8, 4) is 10.9 Å². The number of ether oxygens (including phenoxy) is 1. The van der Waals surface area contributed by atoms with Crippen molar-refractivity contribution in [1.29, 1.82) is 0 Å². The van der Waals surface area contributed by atoms with E-state index in [0.29, 0.717) is 11.3 Å². The summed E-state index contributed by atoms with van der Waals surface area (Å²) in [6, 6.07) is 4.03. The van der Waals surface area contributed by atoms with Crippen LogP contribution in [0.2, 0.25) is 5.02 Å². The minimum absolute atomic E-state index is 0.0150. The number of nitro groups is 1. The molecule has 0 saturated carbocycles. The minimum atomic E-state index is -1.22. The SMILES string of the molecule is O=C(O)c1cc(Cl)ccc1Oc1ncc([N+](=O)[O-])s1. The molecule has 0 saturated heterocycles. The van der Waals surface area contributed by atoms with Gasteiger partial charge in [0.2, 0.25) is 0 Å². The molecule has 1 heterocycles. The van der Waals surface area contributed by atoms with Crippen LogP contribution in [-0.4, -0.2) is 21.0 Å². The predicted molar refractivity (Wildman–Crippen MR) is 67.3 cm³/mol. The van der Waals surface area contributed by atoms with Crippen LogP contribution in [0.15, 0.2) is 24.4 Å². The van der Waals surface area contributed by atoms with Gasteiger partial charge < -0.3 is 9.84 Å². The Balaban J connectivity index is 2.32. The van der Waals surface area contributed by atoms with E-state index in [1.54, 1.807) is 0 Å². The third-order valence-electron chi connectivity index (χ3n) is 2.02. The second kappa shape index (κ2) is 5.21. The van der Waals surface area contributed by atoms with Crippen molar-refractivity contribution in [2.24, 2.45) is 0 Å². The molecule has 98 valence electrons. The van der Waals surface area contributed by atoms with Crippen LogP contribution in [0.5, 0.6) is 10.9 Å². The van der Waals surface area contributed by atoms with Crippen molar-refractivity contribution in [1.82, 2.24) is 4.98 Å². The molecule has 0 unspecified atom stereocenters. The van der Waals surface area contributed by atoms with Gasteiger partial charge in [0.25, 0.3) is 5.19 Å². The fourth-order valence-electron chi connectivity index (χ4n) is 1.23. The maximum absolute atomic E-state index is 11.0. The van der Waals surface area contributed by atoms with Crippen LogP contribution in [-0.2, 0) is 0 Å². The van der Waals surface area contributed by atoms with Gasteiger partial charge in [-0.1, -0.05) is 11.6 Å². The van der Waals surface area contributed by atoms with Gasteiger partial charge in [-0.3, -0.25) is 10.1 Å². The number of carbonyl (C=O) groups is 1. The topological polar surface area (TPSA) is 103 Å². The first-order valence-corrected chi connectivity index (χ1v) is 5.97. The fourth-order valence-corrected chi connectivity index (χ4v) is 2.00. The number of rotatable bonds is 4. The fraction of sp³-hybridized carbons (Fsp3) is 0. The highest BCUT2D eigenvalue weighted by Crippen LogP contribution is 2.33. The average molecular weight is 301 g/mol. The molecule has 2 rings (SSSR count). The maximum Gasteiger partial charge on any atom is 0.347 e. The summed E-state index contributed by atoms with van der Waals surface area (Å²) in [6.07, 6.45) is 1.04. The summed E-state index contributed by atoms with van der Waals surface area (Å²) in [6.45, 7) is 0. The quantitative estimate of drug-likeness (QED) is 0.687. The molecule has 0 aliphatic carbocycles. The number of carboxylic acids is 1. The Morgan fingerprint density at radius 3 is 2.84 bits per heavy atom. The third-order valence-corrected chi connectivity index (χ3v) is 3.08. The zero-order chi connectivity index (χ0) is 14.0. The van der Waals surface area contributed by atoms with E-state index in [4.69, 9.17) is 21.4 Å². The molecule has 1 N–H and O–H groups in total. The summed E-state index contributed by atoms with van der Waals surface area (Å²) in [5, 5.41) is 19.5. The maximum atomic E-state index is 11.0. The van der Waals surface area contributed by atoms with E-state index in [0.717, 1.165) is 6.20 Å². The molecular weight excluding hydrogens is 296 g/mol. The van der Waals surface area contributed by atoms with Crippen molar-refractivity contribution < 1.29 is 19.6 Å². The zero-order valence-electron chi connectivity index (χ0n) is 9.07. The van der Waals surface area contributed by atoms with Crippen LogP contribution >= 0.6 is 22.9 Å². The molecule has 9 heteroatoms. The lowest BCUT2D eigenvalue weighted by Crippen LogP contribution is -1.99. The molecule has 0 aliphatic rings. The molecular formula is C10H5ClN2O5S. The van der Waals surface area contributed by atoms with E-state index < -0.39 is 10.9 Å². The van der Waals surface area contributed by atoms with Crippen molar-refractivity contribution in [3.05, 3.63) is 45.1 Å². The number of thiazole rings is 1. The van der Waals surface area contributed by atoms with Gasteiger partial charge >= 0.3 is 11.0 Å². The molecule has 7 nitrogen and oxygen atoms in total. The molecule has 19 heavy (non-hydrogen) atoms. The lowest BCUT2D eigenvalue weighted by Gasteiger charge is -2.05. The highest BCUT2D eigenvalue weighted by atomic mass is 35.5. The summed E-state index contributed by atoms with van der Waals surface area (Å²) in [4.78, 5) is 24.6. The Morgan fingerprint density at radius 2 is 2.26 bits per heavy atom. The van der Waals surface area contributed by atoms with Gasteiger partial charge in [0.1, 0.15) is 17.5 Å². The van der Waals surface area contributed by atoms with Crippen molar-refractivity contribution in [3.63, 3.8) is 0 Å². The number of benzene rings is 1. The average Bonchev–Trinajstić information content (AvgIpc) is 2.80. The molecule has 0 fully saturated rings. The van der Waals surface area contributed by atoms with Crippen molar-refractivity contribution >= 4 is 33.9 Å². The van der Waals surface area contributed by atoms with Gasteiger partial charge in [0.15, 0.2) is 0 Å². The standard InChI is InChI=1S/C10H5ClN2O5S/c11-5-1-2-7(6(3-5)9(14)15)18-10-12-4-8(19-10)13(16)17/h1-4H,(H,14,15). The number of aromatic nitrogens is 1. The summed E-state index contributed by atoms with van der Waals surface area (Å²) >= 11 is 6.39. The number of halogens is 1. The second-order valence-electron chi connectivity index (χ2n) is 3.27. The van der Waals surface area contributed by atoms with Gasteiger partial charge in [-0.25, -0.2) is 9.78 Å². The van der Waals surface area contributed by atoms with Crippen LogP contribution in [0, 0.1) is 10.1 Å². The Kier molecular flexibility index (Phi) is 3.63. The molecule has 2 aromatic rings. The molecule has 0 amide bonds. The van der Waals surface area contributed by atoms with Crippen LogP contribution in [0.3, 0.4) is 0 Å². The summed E-state index contributed by atoms with van der Waals surface area (Å²) in [5.74, 6) is -1.20. The van der Waals surface area contributed by atoms with Crippen LogP contribution in [0.25, 0.3) is 0 Å². The molecule has 0 radical (unpaired) electrons. The van der Waals surface area contributed by atoms with Crippen LogP contribution < -0.4 is 4.74 Å². The van der Waals surface area contributed by atoms with E-state index in [2.05, 4.69) is 4.98 Å². The van der Waals surface area contributed by atoms with Gasteiger partial charge in [0.05, 0.1) is 4.92 Å². The summed E-state index contributed by atoms with van der Waals surface area (Å²) in [7, 11) is 0. The molecule has 0 bridgehead atoms. The predicted octanol–water partition coefficient (Wildman–Crippen LogP) is 3.20. The Labute approximate surface area is 115 Å². The number of nitrogens with zero attached hydrogens (tertiary/aromatic N) is 2. The van der Waals surface area contributed by atoms with Crippen LogP contribution in [0.1, 0.15) is 10.4 Å². The summed E-state index contributed by atoms with van der Waals surface area (Å²) in [5.41, 5.74) is -0.148. The van der Waals surface area contributed by atoms with Crippen LogP contribution in [0.4, 0.5) is 5.00 Å². The monoisotopic (exact) mass is 300 g/mol. The van der Waals surface area contributed by atoms with Crippen molar-refractivity contribution in [2.45, 2.75) is 0 Å². The zero-order valence-corrected chi connectivity index (χ0v) is 10.6. The van der Waals surface area contributed by atoms with E-state index in [9.17, 15) is 14.9 Å². The van der Waals surface area contributed by atoms with E-state index in [1.165, 1.54) is 18.2 Å². The number of carboxylic acid groups (broad SMARTS) is 1. The summed E-state index contributed by atoms with van der Waals surface area (Å²) < 4.78 is 5.22. The lowest BCUT2D eigenvalue weighted by molar-refractivity contribution is -0.380. The lowest BCUT2D eigenvalue weighted by atomic mass is 10.2. The first kappa shape index (κ1) is 13.2. The Morgan fingerprint density at radius 1 is 1.53 bits per heavy atom. The van der Waals surface area contributed by atoms with Gasteiger partial charge in [-0.05, 0) is 29.5 Å². The molecule has 0 aliphatic heterocycles. The smallest absolute Gasteiger partial charge is 0.347 e. The highest BCUT2D eigenvalue weighted by molar-refractivity contribution is 7.16. The van der Waals surface area contributed by atoms with Gasteiger partial charge in [-0.2, -0.15) is 0 Å². The Hall–Kier alpha value is -2.19. The first-order valence-electron chi connectivity index (χ1n) is 4.78. The largest absolute Gasteiger partial charge is 0.478 e. The molecule has 1 aromatic carbocycles. The Bertz CT molecular complexity index is 657. The first-order chi connectivity index (χ1) is 8.97. The molecule has 0 spiro atoms. The van der Waals surface area contributed by atoms with E-state index in [-0.39, 0.29) is 26.5 Å². The molecule has 1 aromatic heterocycles. The highest BCUT2D eigenvalue weighted by Gasteiger charge is 2.17. The number of aromatic carboxylic acids is 1. The number of hydrogen-bond donors (Lipinski definition) is 1. The molecule has 0 atom stereocenters.